The zero-order valence-electron chi connectivity index (χ0n) is 16.7. The number of fused-ring (bicyclic) bond motifs is 1. The second kappa shape index (κ2) is 8.47. The number of carbonyl (C=O) groups is 1. The average molecular weight is 409 g/mol. The van der Waals surface area contributed by atoms with Gasteiger partial charge in [0.15, 0.2) is 0 Å². The molecule has 5 heteroatoms. The molecule has 0 N–H and O–H groups in total. The Bertz CT molecular complexity index is 994. The number of halogens is 1. The van der Waals surface area contributed by atoms with Crippen LogP contribution in [0.15, 0.2) is 60.7 Å². The van der Waals surface area contributed by atoms with Crippen LogP contribution in [-0.2, 0) is 11.3 Å². The van der Waals surface area contributed by atoms with Gasteiger partial charge in [-0.25, -0.2) is 4.39 Å². The van der Waals surface area contributed by atoms with E-state index in [1.54, 1.807) is 17.4 Å². The molecule has 1 aromatic heterocycles. The van der Waals surface area contributed by atoms with E-state index < -0.39 is 0 Å². The summed E-state index contributed by atoms with van der Waals surface area (Å²) in [6.45, 7) is 6.50. The SMILES string of the molecule is C[C@@H]1CN(C(=O)/C=C/c2cc3ccccc3s2)[C@@H](C)CN1Cc1ccc(F)cc1. The molecule has 0 radical (unpaired) electrons. The number of amides is 1. The average Bonchev–Trinajstić information content (AvgIpc) is 3.13. The number of hydrogen-bond acceptors (Lipinski definition) is 3. The first kappa shape index (κ1) is 19.8. The van der Waals surface area contributed by atoms with Crippen molar-refractivity contribution in [2.24, 2.45) is 0 Å². The van der Waals surface area contributed by atoms with Crippen LogP contribution in [0.5, 0.6) is 0 Å². The summed E-state index contributed by atoms with van der Waals surface area (Å²) in [5.74, 6) is -0.153. The minimum Gasteiger partial charge on any atom is -0.334 e. The molecule has 0 spiro atoms. The van der Waals surface area contributed by atoms with Crippen LogP contribution >= 0.6 is 11.3 Å². The Morgan fingerprint density at radius 2 is 1.86 bits per heavy atom. The Labute approximate surface area is 175 Å². The normalized spacial score (nSPS) is 20.6. The zero-order valence-corrected chi connectivity index (χ0v) is 17.5. The molecule has 2 heterocycles. The summed E-state index contributed by atoms with van der Waals surface area (Å²) in [7, 11) is 0. The summed E-state index contributed by atoms with van der Waals surface area (Å²) < 4.78 is 14.4. The quantitative estimate of drug-likeness (QED) is 0.556. The molecule has 3 aromatic rings. The molecule has 0 unspecified atom stereocenters. The first-order chi connectivity index (χ1) is 14.0. The van der Waals surface area contributed by atoms with Crippen molar-refractivity contribution in [3.05, 3.63) is 76.9 Å². The van der Waals surface area contributed by atoms with Crippen LogP contribution < -0.4 is 0 Å². The van der Waals surface area contributed by atoms with E-state index in [0.29, 0.717) is 6.54 Å². The lowest BCUT2D eigenvalue weighted by Gasteiger charge is -2.43. The number of thiophene rings is 1. The van der Waals surface area contributed by atoms with E-state index in [1.807, 2.05) is 35.2 Å². The molecule has 2 atom stereocenters. The molecule has 1 amide bonds. The lowest BCUT2D eigenvalue weighted by atomic mass is 10.1. The van der Waals surface area contributed by atoms with Crippen molar-refractivity contribution in [1.82, 2.24) is 9.80 Å². The molecule has 1 aliphatic rings. The number of piperazine rings is 1. The van der Waals surface area contributed by atoms with Crippen molar-refractivity contribution in [2.45, 2.75) is 32.5 Å². The third-order valence-electron chi connectivity index (χ3n) is 5.53. The third-order valence-corrected chi connectivity index (χ3v) is 6.61. The Kier molecular flexibility index (Phi) is 5.79. The summed E-state index contributed by atoms with van der Waals surface area (Å²) in [6.07, 6.45) is 3.62. The van der Waals surface area contributed by atoms with Crippen LogP contribution in [0.25, 0.3) is 16.2 Å². The van der Waals surface area contributed by atoms with Crippen LogP contribution in [0, 0.1) is 5.82 Å². The number of nitrogens with zero attached hydrogens (tertiary/aromatic N) is 2. The van der Waals surface area contributed by atoms with Gasteiger partial charge in [0.1, 0.15) is 5.82 Å². The highest BCUT2D eigenvalue weighted by molar-refractivity contribution is 7.19. The van der Waals surface area contributed by atoms with Gasteiger partial charge < -0.3 is 4.90 Å². The maximum absolute atomic E-state index is 13.1. The predicted octanol–water partition coefficient (Wildman–Crippen LogP) is 5.18. The van der Waals surface area contributed by atoms with Crippen molar-refractivity contribution in [2.75, 3.05) is 13.1 Å². The van der Waals surface area contributed by atoms with E-state index in [2.05, 4.69) is 36.9 Å². The van der Waals surface area contributed by atoms with Gasteiger partial charge in [-0.3, -0.25) is 9.69 Å². The number of hydrogen-bond donors (Lipinski definition) is 0. The summed E-state index contributed by atoms with van der Waals surface area (Å²) >= 11 is 1.70. The van der Waals surface area contributed by atoms with Crippen molar-refractivity contribution >= 4 is 33.4 Å². The molecule has 0 bridgehead atoms. The lowest BCUT2D eigenvalue weighted by molar-refractivity contribution is -0.131. The molecule has 0 saturated carbocycles. The molecule has 29 heavy (non-hydrogen) atoms. The minimum absolute atomic E-state index is 0.0586. The topological polar surface area (TPSA) is 23.6 Å². The Hall–Kier alpha value is -2.50. The molecule has 4 rings (SSSR count). The maximum Gasteiger partial charge on any atom is 0.246 e. The van der Waals surface area contributed by atoms with Crippen LogP contribution in [-0.4, -0.2) is 40.9 Å². The van der Waals surface area contributed by atoms with Gasteiger partial charge >= 0.3 is 0 Å². The summed E-state index contributed by atoms with van der Waals surface area (Å²) in [4.78, 5) is 18.2. The molecular weight excluding hydrogens is 383 g/mol. The van der Waals surface area contributed by atoms with E-state index in [-0.39, 0.29) is 23.8 Å². The summed E-state index contributed by atoms with van der Waals surface area (Å²) in [5, 5.41) is 1.21. The highest BCUT2D eigenvalue weighted by Gasteiger charge is 2.30. The molecule has 3 nitrogen and oxygen atoms in total. The number of carbonyl (C=O) groups excluding carboxylic acids is 1. The lowest BCUT2D eigenvalue weighted by Crippen LogP contribution is -2.57. The van der Waals surface area contributed by atoms with Gasteiger partial charge in [-0.2, -0.15) is 0 Å². The Morgan fingerprint density at radius 1 is 1.10 bits per heavy atom. The number of rotatable bonds is 4. The fourth-order valence-corrected chi connectivity index (χ4v) is 4.85. The zero-order chi connectivity index (χ0) is 20.4. The minimum atomic E-state index is -0.212. The first-order valence-corrected chi connectivity index (χ1v) is 10.8. The highest BCUT2D eigenvalue weighted by atomic mass is 32.1. The fraction of sp³-hybridized carbons (Fsp3) is 0.292. The van der Waals surface area contributed by atoms with Gasteiger partial charge in [-0.05, 0) is 55.1 Å². The van der Waals surface area contributed by atoms with Gasteiger partial charge in [-0.1, -0.05) is 30.3 Å². The first-order valence-electron chi connectivity index (χ1n) is 9.95. The van der Waals surface area contributed by atoms with Gasteiger partial charge in [0, 0.05) is 47.4 Å². The van der Waals surface area contributed by atoms with Crippen LogP contribution in [0.4, 0.5) is 4.39 Å². The Balaban J connectivity index is 1.40. The van der Waals surface area contributed by atoms with Crippen LogP contribution in [0.1, 0.15) is 24.3 Å². The van der Waals surface area contributed by atoms with Gasteiger partial charge in [-0.15, -0.1) is 11.3 Å². The highest BCUT2D eigenvalue weighted by Crippen LogP contribution is 2.26. The largest absolute Gasteiger partial charge is 0.334 e. The second-order valence-electron chi connectivity index (χ2n) is 7.76. The second-order valence-corrected chi connectivity index (χ2v) is 8.88. The van der Waals surface area contributed by atoms with E-state index in [0.717, 1.165) is 23.5 Å². The molecule has 0 aliphatic carbocycles. The monoisotopic (exact) mass is 408 g/mol. The van der Waals surface area contributed by atoms with Crippen LogP contribution in [0.2, 0.25) is 0 Å². The van der Waals surface area contributed by atoms with E-state index >= 15 is 0 Å². The summed E-state index contributed by atoms with van der Waals surface area (Å²) in [5.41, 5.74) is 1.09. The maximum atomic E-state index is 13.1. The van der Waals surface area contributed by atoms with Crippen molar-refractivity contribution in [3.63, 3.8) is 0 Å². The molecule has 1 aliphatic heterocycles. The van der Waals surface area contributed by atoms with Gasteiger partial charge in [0.2, 0.25) is 5.91 Å². The summed E-state index contributed by atoms with van der Waals surface area (Å²) in [6, 6.07) is 17.4. The predicted molar refractivity (Wildman–Crippen MR) is 118 cm³/mol. The van der Waals surface area contributed by atoms with Gasteiger partial charge in [0.25, 0.3) is 0 Å². The molecular formula is C24H25FN2OS. The van der Waals surface area contributed by atoms with Crippen LogP contribution in [0.3, 0.4) is 0 Å². The third kappa shape index (κ3) is 4.57. The van der Waals surface area contributed by atoms with Crippen molar-refractivity contribution in [1.29, 1.82) is 0 Å². The van der Waals surface area contributed by atoms with Crippen molar-refractivity contribution in [3.8, 4) is 0 Å². The van der Waals surface area contributed by atoms with E-state index in [1.165, 1.54) is 22.2 Å². The molecule has 2 aromatic carbocycles. The molecule has 1 saturated heterocycles. The van der Waals surface area contributed by atoms with Gasteiger partial charge in [0.05, 0.1) is 0 Å². The molecule has 1 fully saturated rings. The Morgan fingerprint density at radius 3 is 2.62 bits per heavy atom. The van der Waals surface area contributed by atoms with Crippen molar-refractivity contribution < 1.29 is 9.18 Å². The molecule has 150 valence electrons. The standard InChI is InChI=1S/C24H25FN2OS/c1-17-15-27(18(2)14-26(17)16-19-7-9-21(25)10-8-19)24(28)12-11-22-13-20-5-3-4-6-23(20)29-22/h3-13,17-18H,14-16H2,1-2H3/b12-11+/t17-,18+/m1/s1. The van der Waals surface area contributed by atoms with E-state index in [4.69, 9.17) is 0 Å². The number of benzene rings is 2. The fourth-order valence-electron chi connectivity index (χ4n) is 3.88. The smallest absolute Gasteiger partial charge is 0.246 e. The van der Waals surface area contributed by atoms with E-state index in [9.17, 15) is 9.18 Å².